The molecule has 2 N–H and O–H groups in total. The van der Waals surface area contributed by atoms with Crippen LogP contribution >= 0.6 is 39.9 Å². The Kier molecular flexibility index (Phi) is 10.6. The van der Waals surface area contributed by atoms with E-state index in [-0.39, 0.29) is 24.0 Å². The van der Waals surface area contributed by atoms with Gasteiger partial charge in [-0.3, -0.25) is 4.99 Å². The molecule has 1 aromatic carbocycles. The number of ether oxygens (including phenoxy) is 2. The molecular weight excluding hydrogens is 461 g/mol. The maximum atomic E-state index is 5.32. The predicted molar refractivity (Wildman–Crippen MR) is 106 cm³/mol. The van der Waals surface area contributed by atoms with E-state index in [1.165, 1.54) is 0 Å². The fourth-order valence-electron chi connectivity index (χ4n) is 1.73. The van der Waals surface area contributed by atoms with Gasteiger partial charge in [-0.05, 0) is 23.6 Å². The molecule has 1 rings (SSSR count). The maximum Gasteiger partial charge on any atom is 0.191 e. The summed E-state index contributed by atoms with van der Waals surface area (Å²) in [5, 5.41) is 6.56. The molecule has 0 saturated heterocycles. The van der Waals surface area contributed by atoms with Crippen molar-refractivity contribution < 1.29 is 9.47 Å². The van der Waals surface area contributed by atoms with E-state index in [0.717, 1.165) is 22.5 Å². The number of guanidine groups is 1. The van der Waals surface area contributed by atoms with Crippen molar-refractivity contribution >= 4 is 45.9 Å². The molecule has 7 heteroatoms. The van der Waals surface area contributed by atoms with Crippen LogP contribution in [0.5, 0.6) is 11.5 Å². The van der Waals surface area contributed by atoms with E-state index in [0.29, 0.717) is 24.0 Å². The molecule has 0 unspecified atom stereocenters. The highest BCUT2D eigenvalue weighted by Gasteiger charge is 2.10. The van der Waals surface area contributed by atoms with Gasteiger partial charge >= 0.3 is 0 Å². The summed E-state index contributed by atoms with van der Waals surface area (Å²) < 4.78 is 11.6. The number of hydrogen-bond donors (Lipinski definition) is 2. The van der Waals surface area contributed by atoms with Crippen molar-refractivity contribution in [1.82, 2.24) is 10.6 Å². The molecule has 0 bridgehead atoms. The van der Waals surface area contributed by atoms with Gasteiger partial charge in [0.1, 0.15) is 0 Å². The van der Waals surface area contributed by atoms with Gasteiger partial charge in [-0.25, -0.2) is 0 Å². The number of methoxy groups -OCH3 is 2. The molecule has 0 radical (unpaired) electrons. The van der Waals surface area contributed by atoms with Crippen molar-refractivity contribution in [2.45, 2.75) is 20.4 Å². The highest BCUT2D eigenvalue weighted by atomic mass is 127. The van der Waals surface area contributed by atoms with Crippen LogP contribution in [0.15, 0.2) is 21.6 Å². The number of halogens is 2. The van der Waals surface area contributed by atoms with Crippen LogP contribution in [0, 0.1) is 5.92 Å². The molecule has 0 atom stereocenters. The monoisotopic (exact) mass is 485 g/mol. The number of benzene rings is 1. The van der Waals surface area contributed by atoms with Crippen LogP contribution in [0.1, 0.15) is 19.4 Å². The number of hydrogen-bond acceptors (Lipinski definition) is 3. The normalized spacial score (nSPS) is 11.0. The largest absolute Gasteiger partial charge is 0.493 e. The Morgan fingerprint density at radius 1 is 1.18 bits per heavy atom. The highest BCUT2D eigenvalue weighted by Crippen LogP contribution is 2.33. The van der Waals surface area contributed by atoms with Gasteiger partial charge < -0.3 is 20.1 Å². The molecule has 0 aliphatic heterocycles. The molecule has 1 aromatic rings. The second kappa shape index (κ2) is 10.9. The van der Waals surface area contributed by atoms with Gasteiger partial charge in [-0.15, -0.1) is 24.0 Å². The molecule has 0 amide bonds. The van der Waals surface area contributed by atoms with E-state index >= 15 is 0 Å². The second-order valence-corrected chi connectivity index (χ2v) is 5.85. The van der Waals surface area contributed by atoms with Gasteiger partial charge in [0.2, 0.25) is 0 Å². The van der Waals surface area contributed by atoms with E-state index < -0.39 is 0 Å². The molecular formula is C15H25BrIN3O2. The van der Waals surface area contributed by atoms with E-state index in [9.17, 15) is 0 Å². The third kappa shape index (κ3) is 6.60. The predicted octanol–water partition coefficient (Wildman–Crippen LogP) is 3.41. The first-order chi connectivity index (χ1) is 10.0. The fourth-order valence-corrected chi connectivity index (χ4v) is 2.19. The molecule has 0 aliphatic carbocycles. The summed E-state index contributed by atoms with van der Waals surface area (Å²) in [7, 11) is 5.02. The molecule has 0 fully saturated rings. The SMILES string of the molecule is CN=C(NCc1cc(OC)c(OC)cc1Br)NCC(C)C.I. The Morgan fingerprint density at radius 3 is 2.27 bits per heavy atom. The smallest absolute Gasteiger partial charge is 0.191 e. The zero-order valence-electron chi connectivity index (χ0n) is 13.7. The van der Waals surface area contributed by atoms with Crippen LogP contribution in [-0.4, -0.2) is 33.8 Å². The molecule has 126 valence electrons. The summed E-state index contributed by atoms with van der Waals surface area (Å²) in [6, 6.07) is 3.85. The summed E-state index contributed by atoms with van der Waals surface area (Å²) in [5.41, 5.74) is 1.07. The van der Waals surface area contributed by atoms with Crippen LogP contribution in [0.4, 0.5) is 0 Å². The number of nitrogens with one attached hydrogen (secondary N) is 2. The van der Waals surface area contributed by atoms with Gasteiger partial charge in [-0.2, -0.15) is 0 Å². The highest BCUT2D eigenvalue weighted by molar-refractivity contribution is 14.0. The van der Waals surface area contributed by atoms with Gasteiger partial charge in [-0.1, -0.05) is 29.8 Å². The zero-order chi connectivity index (χ0) is 15.8. The summed E-state index contributed by atoms with van der Waals surface area (Å²) in [4.78, 5) is 4.20. The van der Waals surface area contributed by atoms with Crippen molar-refractivity contribution in [1.29, 1.82) is 0 Å². The minimum Gasteiger partial charge on any atom is -0.493 e. The lowest BCUT2D eigenvalue weighted by Gasteiger charge is -2.15. The van der Waals surface area contributed by atoms with E-state index in [2.05, 4.69) is 45.4 Å². The van der Waals surface area contributed by atoms with Crippen LogP contribution in [0.2, 0.25) is 0 Å². The maximum absolute atomic E-state index is 5.32. The van der Waals surface area contributed by atoms with Crippen molar-refractivity contribution in [3.05, 3.63) is 22.2 Å². The summed E-state index contributed by atoms with van der Waals surface area (Å²) in [6.45, 7) is 5.84. The standard InChI is InChI=1S/C15H24BrN3O2.HI/c1-10(2)8-18-15(17-3)19-9-11-6-13(20-4)14(21-5)7-12(11)16;/h6-7,10H,8-9H2,1-5H3,(H2,17,18,19);1H. The molecule has 0 aromatic heterocycles. The quantitative estimate of drug-likeness (QED) is 0.368. The van der Waals surface area contributed by atoms with Crippen molar-refractivity contribution in [3.63, 3.8) is 0 Å². The van der Waals surface area contributed by atoms with Crippen LogP contribution < -0.4 is 20.1 Å². The van der Waals surface area contributed by atoms with Crippen molar-refractivity contribution in [3.8, 4) is 11.5 Å². The average molecular weight is 486 g/mol. The molecule has 0 spiro atoms. The number of rotatable bonds is 6. The third-order valence-electron chi connectivity index (χ3n) is 2.90. The molecule has 5 nitrogen and oxygen atoms in total. The molecule has 0 aliphatic rings. The molecule has 0 heterocycles. The van der Waals surface area contributed by atoms with Crippen LogP contribution in [0.3, 0.4) is 0 Å². The van der Waals surface area contributed by atoms with Crippen molar-refractivity contribution in [2.75, 3.05) is 27.8 Å². The summed E-state index contributed by atoms with van der Waals surface area (Å²) >= 11 is 3.55. The van der Waals surface area contributed by atoms with Crippen LogP contribution in [0.25, 0.3) is 0 Å². The lowest BCUT2D eigenvalue weighted by molar-refractivity contribution is 0.354. The first-order valence-corrected chi connectivity index (χ1v) is 7.66. The van der Waals surface area contributed by atoms with E-state index in [4.69, 9.17) is 9.47 Å². The Hall–Kier alpha value is -0.700. The summed E-state index contributed by atoms with van der Waals surface area (Å²) in [5.74, 6) is 2.76. The fraction of sp³-hybridized carbons (Fsp3) is 0.533. The molecule has 0 saturated carbocycles. The Balaban J connectivity index is 0.00000441. The first-order valence-electron chi connectivity index (χ1n) is 6.86. The minimum absolute atomic E-state index is 0. The molecule has 22 heavy (non-hydrogen) atoms. The number of aliphatic imine (C=N–C) groups is 1. The zero-order valence-corrected chi connectivity index (χ0v) is 17.6. The average Bonchev–Trinajstić information content (AvgIpc) is 2.47. The topological polar surface area (TPSA) is 54.9 Å². The number of nitrogens with zero attached hydrogens (tertiary/aromatic N) is 1. The lowest BCUT2D eigenvalue weighted by atomic mass is 10.2. The third-order valence-corrected chi connectivity index (χ3v) is 3.64. The Labute approximate surface area is 158 Å². The van der Waals surface area contributed by atoms with Crippen molar-refractivity contribution in [2.24, 2.45) is 10.9 Å². The van der Waals surface area contributed by atoms with Gasteiger partial charge in [0.05, 0.1) is 14.2 Å². The van der Waals surface area contributed by atoms with Gasteiger partial charge in [0.15, 0.2) is 17.5 Å². The minimum atomic E-state index is 0. The van der Waals surface area contributed by atoms with E-state index in [1.807, 2.05) is 12.1 Å². The van der Waals surface area contributed by atoms with Gasteiger partial charge in [0, 0.05) is 24.6 Å². The first kappa shape index (κ1) is 21.3. The van der Waals surface area contributed by atoms with E-state index in [1.54, 1.807) is 21.3 Å². The lowest BCUT2D eigenvalue weighted by Crippen LogP contribution is -2.38. The second-order valence-electron chi connectivity index (χ2n) is 5.00. The van der Waals surface area contributed by atoms with Gasteiger partial charge in [0.25, 0.3) is 0 Å². The van der Waals surface area contributed by atoms with Crippen LogP contribution in [-0.2, 0) is 6.54 Å². The summed E-state index contributed by atoms with van der Waals surface area (Å²) in [6.07, 6.45) is 0. The Bertz CT molecular complexity index is 496. The Morgan fingerprint density at radius 2 is 1.77 bits per heavy atom.